The average Bonchev–Trinajstić information content (AvgIpc) is 3.57. The molecule has 13 heteroatoms. The number of fused-ring (bicyclic) bond motifs is 1. The third-order valence-electron chi connectivity index (χ3n) is 6.42. The Labute approximate surface area is 232 Å². The fourth-order valence-corrected chi connectivity index (χ4v) is 4.61. The number of anilines is 1. The standard InChI is InChI=1S/C28H25F2N7O4/c1-36-16-22(34-27(38)21-14-33-37-10-3-8-32-26(21)37)25(35-36)20-13-19(6-7-23(20)41-28(29)30)40-18-5-2-4-17(12-18)24-15-31-9-11-39-24/h2-8,10,12-14,16,24,28,31H,9,11,15H2,1H3,(H,34,38). The number of benzene rings is 2. The summed E-state index contributed by atoms with van der Waals surface area (Å²) < 4.78 is 46.4. The second-order valence-corrected chi connectivity index (χ2v) is 9.24. The van der Waals surface area contributed by atoms with Gasteiger partial charge in [-0.2, -0.15) is 19.0 Å². The summed E-state index contributed by atoms with van der Waals surface area (Å²) in [5, 5.41) is 14.7. The minimum atomic E-state index is -3.08. The average molecular weight is 562 g/mol. The van der Waals surface area contributed by atoms with Crippen LogP contribution in [-0.4, -0.2) is 56.6 Å². The van der Waals surface area contributed by atoms with Gasteiger partial charge in [0.15, 0.2) is 5.65 Å². The molecule has 0 aliphatic carbocycles. The van der Waals surface area contributed by atoms with Crippen LogP contribution in [0.25, 0.3) is 16.9 Å². The van der Waals surface area contributed by atoms with Crippen LogP contribution in [0, 0.1) is 0 Å². The third kappa shape index (κ3) is 5.71. The minimum absolute atomic E-state index is 0.104. The van der Waals surface area contributed by atoms with E-state index in [9.17, 15) is 13.6 Å². The Morgan fingerprint density at radius 3 is 2.90 bits per heavy atom. The number of hydrogen-bond acceptors (Lipinski definition) is 8. The molecular weight excluding hydrogens is 536 g/mol. The Bertz CT molecular complexity index is 1700. The third-order valence-corrected chi connectivity index (χ3v) is 6.42. The van der Waals surface area contributed by atoms with Crippen LogP contribution in [0.1, 0.15) is 22.0 Å². The molecule has 2 aromatic carbocycles. The molecule has 0 spiro atoms. The van der Waals surface area contributed by atoms with Crippen molar-refractivity contribution in [2.75, 3.05) is 25.0 Å². The van der Waals surface area contributed by atoms with E-state index in [4.69, 9.17) is 14.2 Å². The number of hydrogen-bond donors (Lipinski definition) is 2. The van der Waals surface area contributed by atoms with Gasteiger partial charge in [-0.15, -0.1) is 0 Å². The summed E-state index contributed by atoms with van der Waals surface area (Å²) in [5.41, 5.74) is 2.23. The van der Waals surface area contributed by atoms with Crippen molar-refractivity contribution in [1.82, 2.24) is 29.7 Å². The number of nitrogens with zero attached hydrogens (tertiary/aromatic N) is 5. The lowest BCUT2D eigenvalue weighted by molar-refractivity contribution is -0.0494. The maximum absolute atomic E-state index is 13.4. The highest BCUT2D eigenvalue weighted by Crippen LogP contribution is 2.39. The van der Waals surface area contributed by atoms with Gasteiger partial charge >= 0.3 is 6.61 Å². The SMILES string of the molecule is Cn1cc(NC(=O)c2cnn3cccnc23)c(-c2cc(Oc3cccc(C4CNCCO4)c3)ccc2OC(F)F)n1. The topological polar surface area (TPSA) is 117 Å². The molecule has 4 heterocycles. The molecule has 1 atom stereocenters. The number of carbonyl (C=O) groups is 1. The van der Waals surface area contributed by atoms with Crippen LogP contribution in [0.15, 0.2) is 73.3 Å². The Morgan fingerprint density at radius 2 is 2.07 bits per heavy atom. The molecule has 6 rings (SSSR count). The van der Waals surface area contributed by atoms with Gasteiger partial charge in [-0.05, 0) is 42.0 Å². The zero-order valence-corrected chi connectivity index (χ0v) is 21.8. The van der Waals surface area contributed by atoms with Crippen molar-refractivity contribution < 1.29 is 27.8 Å². The van der Waals surface area contributed by atoms with E-state index in [1.54, 1.807) is 37.8 Å². The van der Waals surface area contributed by atoms with Gasteiger partial charge in [0.1, 0.15) is 28.5 Å². The maximum atomic E-state index is 13.4. The number of halogens is 2. The lowest BCUT2D eigenvalue weighted by atomic mass is 10.1. The summed E-state index contributed by atoms with van der Waals surface area (Å²) in [7, 11) is 1.65. The molecule has 210 valence electrons. The van der Waals surface area contributed by atoms with Crippen molar-refractivity contribution in [3.05, 3.63) is 84.4 Å². The summed E-state index contributed by atoms with van der Waals surface area (Å²) in [4.78, 5) is 17.4. The van der Waals surface area contributed by atoms with Crippen LogP contribution < -0.4 is 20.1 Å². The molecule has 0 radical (unpaired) electrons. The van der Waals surface area contributed by atoms with Gasteiger partial charge in [0, 0.05) is 38.7 Å². The van der Waals surface area contributed by atoms with Crippen molar-refractivity contribution in [2.24, 2.45) is 7.05 Å². The van der Waals surface area contributed by atoms with Gasteiger partial charge < -0.3 is 24.8 Å². The number of aryl methyl sites for hydroxylation is 1. The summed E-state index contributed by atoms with van der Waals surface area (Å²) in [6.45, 7) is -0.976. The predicted octanol–water partition coefficient (Wildman–Crippen LogP) is 4.44. The maximum Gasteiger partial charge on any atom is 0.387 e. The molecule has 0 saturated carbocycles. The van der Waals surface area contributed by atoms with Crippen molar-refractivity contribution >= 4 is 17.2 Å². The number of alkyl halides is 2. The first-order valence-corrected chi connectivity index (χ1v) is 12.8. The Kier molecular flexibility index (Phi) is 7.27. The highest BCUT2D eigenvalue weighted by molar-refractivity contribution is 6.09. The number of carbonyl (C=O) groups excluding carboxylic acids is 1. The van der Waals surface area contributed by atoms with Crippen LogP contribution in [0.2, 0.25) is 0 Å². The van der Waals surface area contributed by atoms with Gasteiger partial charge in [0.25, 0.3) is 5.91 Å². The lowest BCUT2D eigenvalue weighted by Crippen LogP contribution is -2.33. The van der Waals surface area contributed by atoms with Crippen LogP contribution in [0.4, 0.5) is 14.5 Å². The van der Waals surface area contributed by atoms with Crippen LogP contribution in [0.5, 0.6) is 17.2 Å². The number of amides is 1. The first-order chi connectivity index (χ1) is 19.9. The van der Waals surface area contributed by atoms with Crippen molar-refractivity contribution in [3.8, 4) is 28.5 Å². The van der Waals surface area contributed by atoms with E-state index in [0.29, 0.717) is 30.3 Å². The first kappa shape index (κ1) is 26.3. The normalized spacial score (nSPS) is 15.3. The van der Waals surface area contributed by atoms with Crippen LogP contribution in [-0.2, 0) is 11.8 Å². The van der Waals surface area contributed by atoms with Gasteiger partial charge in [-0.25, -0.2) is 9.50 Å². The van der Waals surface area contributed by atoms with Crippen molar-refractivity contribution in [1.29, 1.82) is 0 Å². The number of aromatic nitrogens is 5. The summed E-state index contributed by atoms with van der Waals surface area (Å²) >= 11 is 0. The molecule has 1 saturated heterocycles. The molecule has 2 N–H and O–H groups in total. The first-order valence-electron chi connectivity index (χ1n) is 12.8. The fraction of sp³-hybridized carbons (Fsp3) is 0.214. The second kappa shape index (κ2) is 11.3. The molecule has 0 bridgehead atoms. The highest BCUT2D eigenvalue weighted by atomic mass is 19.3. The predicted molar refractivity (Wildman–Crippen MR) is 144 cm³/mol. The molecule has 5 aromatic rings. The van der Waals surface area contributed by atoms with Crippen molar-refractivity contribution in [3.63, 3.8) is 0 Å². The highest BCUT2D eigenvalue weighted by Gasteiger charge is 2.22. The largest absolute Gasteiger partial charge is 0.457 e. The summed E-state index contributed by atoms with van der Waals surface area (Å²) in [6.07, 6.45) is 6.08. The van der Waals surface area contributed by atoms with E-state index < -0.39 is 12.5 Å². The van der Waals surface area contributed by atoms with Crippen LogP contribution >= 0.6 is 0 Å². The monoisotopic (exact) mass is 561 g/mol. The number of nitrogens with one attached hydrogen (secondary N) is 2. The molecule has 11 nitrogen and oxygen atoms in total. The lowest BCUT2D eigenvalue weighted by Gasteiger charge is -2.24. The smallest absolute Gasteiger partial charge is 0.387 e. The molecule has 1 aliphatic heterocycles. The Balaban J connectivity index is 1.32. The van der Waals surface area contributed by atoms with E-state index >= 15 is 0 Å². The van der Waals surface area contributed by atoms with Crippen molar-refractivity contribution in [2.45, 2.75) is 12.7 Å². The molecular formula is C28H25F2N7O4. The molecule has 41 heavy (non-hydrogen) atoms. The molecule has 1 fully saturated rings. The summed E-state index contributed by atoms with van der Waals surface area (Å²) in [5.74, 6) is 0.277. The zero-order chi connectivity index (χ0) is 28.3. The molecule has 1 aliphatic rings. The van der Waals surface area contributed by atoms with Gasteiger partial charge in [-0.3, -0.25) is 9.48 Å². The number of rotatable bonds is 8. The van der Waals surface area contributed by atoms with Crippen LogP contribution in [0.3, 0.4) is 0 Å². The van der Waals surface area contributed by atoms with Gasteiger partial charge in [0.05, 0.1) is 30.2 Å². The Hall–Kier alpha value is -4.88. The van der Waals surface area contributed by atoms with E-state index in [-0.39, 0.29) is 34.4 Å². The quantitative estimate of drug-likeness (QED) is 0.286. The summed E-state index contributed by atoms with van der Waals surface area (Å²) in [6, 6.07) is 13.6. The molecule has 3 aromatic heterocycles. The minimum Gasteiger partial charge on any atom is -0.457 e. The Morgan fingerprint density at radius 1 is 1.20 bits per heavy atom. The second-order valence-electron chi connectivity index (χ2n) is 9.24. The number of morpholine rings is 1. The van der Waals surface area contributed by atoms with E-state index in [1.165, 1.54) is 33.6 Å². The molecule has 1 unspecified atom stereocenters. The van der Waals surface area contributed by atoms with E-state index in [0.717, 1.165) is 12.1 Å². The molecule has 1 amide bonds. The van der Waals surface area contributed by atoms with E-state index in [2.05, 4.69) is 25.8 Å². The number of ether oxygens (including phenoxy) is 3. The zero-order valence-electron chi connectivity index (χ0n) is 21.8. The van der Waals surface area contributed by atoms with Gasteiger partial charge in [0.2, 0.25) is 0 Å². The van der Waals surface area contributed by atoms with Gasteiger partial charge in [-0.1, -0.05) is 12.1 Å². The fourth-order valence-electron chi connectivity index (χ4n) is 4.61. The van der Waals surface area contributed by atoms with E-state index in [1.807, 2.05) is 18.2 Å².